The third-order valence-corrected chi connectivity index (χ3v) is 3.54. The predicted molar refractivity (Wildman–Crippen MR) is 103 cm³/mol. The van der Waals surface area contributed by atoms with E-state index in [1.807, 2.05) is 24.3 Å². The molecule has 1 fully saturated rings. The molecule has 1 saturated heterocycles. The zero-order chi connectivity index (χ0) is 18.0. The van der Waals surface area contributed by atoms with Crippen LogP contribution in [0.15, 0.2) is 36.5 Å². The standard InChI is InChI=1S/C22H30O3/c1-2-16-21(23)17-12-10-8-6-4-3-5-7-9-11-14-19-24-22-18-13-15-20-25-22/h4,6,8,10,12,17,21-23H,2,11,13-16,18-20H2,1H3/b6-4+,10-8+,17-12+/t21-,22?/m1/s1. The zero-order valence-corrected chi connectivity index (χ0v) is 15.2. The normalized spacial score (nSPS) is 18.9. The van der Waals surface area contributed by atoms with Crippen molar-refractivity contribution in [1.82, 2.24) is 0 Å². The average molecular weight is 342 g/mol. The van der Waals surface area contributed by atoms with Gasteiger partial charge in [0.25, 0.3) is 0 Å². The number of unbranched alkanes of at least 4 members (excludes halogenated alkanes) is 1. The maximum atomic E-state index is 9.50. The van der Waals surface area contributed by atoms with Crippen LogP contribution in [0.1, 0.15) is 51.9 Å². The fourth-order valence-electron chi connectivity index (χ4n) is 2.22. The van der Waals surface area contributed by atoms with Gasteiger partial charge >= 0.3 is 0 Å². The summed E-state index contributed by atoms with van der Waals surface area (Å²) in [6.07, 6.45) is 17.4. The number of rotatable bonds is 9. The van der Waals surface area contributed by atoms with Crippen molar-refractivity contribution in [2.45, 2.75) is 64.3 Å². The molecule has 1 aliphatic heterocycles. The number of hydrogen-bond acceptors (Lipinski definition) is 3. The van der Waals surface area contributed by atoms with Crippen molar-refractivity contribution in [1.29, 1.82) is 0 Å². The molecule has 1 unspecified atom stereocenters. The Balaban J connectivity index is 2.05. The molecule has 1 rings (SSSR count). The molecule has 0 aromatic rings. The Bertz CT molecular complexity index is 531. The third kappa shape index (κ3) is 13.2. The summed E-state index contributed by atoms with van der Waals surface area (Å²) >= 11 is 0. The summed E-state index contributed by atoms with van der Waals surface area (Å²) in [5, 5.41) is 9.50. The second kappa shape index (κ2) is 15.7. The molecule has 0 aromatic carbocycles. The van der Waals surface area contributed by atoms with Gasteiger partial charge in [0.05, 0.1) is 12.7 Å². The fourth-order valence-corrected chi connectivity index (χ4v) is 2.22. The molecule has 1 heterocycles. The Morgan fingerprint density at radius 3 is 2.88 bits per heavy atom. The van der Waals surface area contributed by atoms with Gasteiger partial charge in [0.1, 0.15) is 0 Å². The van der Waals surface area contributed by atoms with E-state index in [0.717, 1.165) is 45.1 Å². The van der Waals surface area contributed by atoms with Crippen molar-refractivity contribution in [2.75, 3.05) is 13.2 Å². The highest BCUT2D eigenvalue weighted by molar-refractivity contribution is 5.32. The van der Waals surface area contributed by atoms with Crippen LogP contribution in [0.25, 0.3) is 0 Å². The van der Waals surface area contributed by atoms with E-state index in [2.05, 4.69) is 30.6 Å². The van der Waals surface area contributed by atoms with Gasteiger partial charge in [-0.05, 0) is 50.0 Å². The van der Waals surface area contributed by atoms with E-state index in [0.29, 0.717) is 6.61 Å². The van der Waals surface area contributed by atoms with Gasteiger partial charge in [-0.1, -0.05) is 55.6 Å². The van der Waals surface area contributed by atoms with Crippen molar-refractivity contribution in [3.05, 3.63) is 36.5 Å². The van der Waals surface area contributed by atoms with Crippen molar-refractivity contribution >= 4 is 0 Å². The lowest BCUT2D eigenvalue weighted by Crippen LogP contribution is -2.22. The Labute approximate surface area is 152 Å². The number of ether oxygens (including phenoxy) is 2. The minimum absolute atomic E-state index is 0.00977. The van der Waals surface area contributed by atoms with E-state index < -0.39 is 0 Å². The van der Waals surface area contributed by atoms with E-state index >= 15 is 0 Å². The first-order chi connectivity index (χ1) is 12.3. The number of aliphatic hydroxyl groups excluding tert-OH is 1. The van der Waals surface area contributed by atoms with E-state index in [4.69, 9.17) is 9.47 Å². The second-order valence-electron chi connectivity index (χ2n) is 5.83. The van der Waals surface area contributed by atoms with Gasteiger partial charge in [0.15, 0.2) is 6.29 Å². The Morgan fingerprint density at radius 2 is 2.08 bits per heavy atom. The van der Waals surface area contributed by atoms with Gasteiger partial charge in [-0.3, -0.25) is 0 Å². The highest BCUT2D eigenvalue weighted by Crippen LogP contribution is 2.13. The zero-order valence-electron chi connectivity index (χ0n) is 15.2. The summed E-state index contributed by atoms with van der Waals surface area (Å²) in [6.45, 7) is 3.56. The van der Waals surface area contributed by atoms with E-state index in [1.54, 1.807) is 12.2 Å². The number of allylic oxidation sites excluding steroid dienone is 5. The van der Waals surface area contributed by atoms with Crippen LogP contribution in [-0.4, -0.2) is 30.7 Å². The maximum Gasteiger partial charge on any atom is 0.157 e. The van der Waals surface area contributed by atoms with Crippen molar-refractivity contribution < 1.29 is 14.6 Å². The van der Waals surface area contributed by atoms with Gasteiger partial charge < -0.3 is 14.6 Å². The molecule has 0 bridgehead atoms. The molecular weight excluding hydrogens is 312 g/mol. The van der Waals surface area contributed by atoms with Gasteiger partial charge in [0.2, 0.25) is 0 Å². The Hall–Kier alpha value is -1.78. The monoisotopic (exact) mass is 342 g/mol. The minimum Gasteiger partial charge on any atom is -0.389 e. The molecule has 25 heavy (non-hydrogen) atoms. The van der Waals surface area contributed by atoms with E-state index in [-0.39, 0.29) is 12.4 Å². The summed E-state index contributed by atoms with van der Waals surface area (Å²) in [4.78, 5) is 0. The van der Waals surface area contributed by atoms with Crippen LogP contribution in [0.2, 0.25) is 0 Å². The molecule has 2 atom stereocenters. The van der Waals surface area contributed by atoms with Crippen LogP contribution in [-0.2, 0) is 9.47 Å². The van der Waals surface area contributed by atoms with Crippen LogP contribution in [0.4, 0.5) is 0 Å². The Morgan fingerprint density at radius 1 is 1.20 bits per heavy atom. The molecule has 0 aromatic heterocycles. The summed E-state index contributed by atoms with van der Waals surface area (Å²) in [5.74, 6) is 11.5. The molecule has 0 aliphatic carbocycles. The first-order valence-corrected chi connectivity index (χ1v) is 9.22. The highest BCUT2D eigenvalue weighted by atomic mass is 16.7. The quantitative estimate of drug-likeness (QED) is 0.389. The molecule has 3 nitrogen and oxygen atoms in total. The van der Waals surface area contributed by atoms with Crippen LogP contribution in [0.3, 0.4) is 0 Å². The molecule has 0 spiro atoms. The molecule has 0 saturated carbocycles. The molecular formula is C22H30O3. The summed E-state index contributed by atoms with van der Waals surface area (Å²) in [6, 6.07) is 0. The first kappa shape index (κ1) is 21.3. The maximum absolute atomic E-state index is 9.50. The number of hydrogen-bond donors (Lipinski definition) is 1. The van der Waals surface area contributed by atoms with Crippen LogP contribution < -0.4 is 0 Å². The van der Waals surface area contributed by atoms with Crippen LogP contribution in [0.5, 0.6) is 0 Å². The third-order valence-electron chi connectivity index (χ3n) is 3.54. The lowest BCUT2D eigenvalue weighted by molar-refractivity contribution is -0.162. The van der Waals surface area contributed by atoms with Crippen LogP contribution in [0, 0.1) is 23.7 Å². The first-order valence-electron chi connectivity index (χ1n) is 9.22. The fraction of sp³-hybridized carbons (Fsp3) is 0.545. The molecule has 1 N–H and O–H groups in total. The molecule has 1 aliphatic rings. The summed E-state index contributed by atoms with van der Waals surface area (Å²) in [5.41, 5.74) is 0. The van der Waals surface area contributed by atoms with Gasteiger partial charge in [-0.2, -0.15) is 0 Å². The second-order valence-corrected chi connectivity index (χ2v) is 5.83. The predicted octanol–water partition coefficient (Wildman–Crippen LogP) is 4.15. The summed E-state index contributed by atoms with van der Waals surface area (Å²) < 4.78 is 11.1. The SMILES string of the molecule is CCC[C@@H](O)/C=C/C=C/C=C/C#CC#CCCCOC1CCCCO1. The Kier molecular flexibility index (Phi) is 13.4. The molecule has 0 amide bonds. The number of aliphatic hydroxyl groups is 1. The van der Waals surface area contributed by atoms with Crippen molar-refractivity contribution in [2.24, 2.45) is 0 Å². The largest absolute Gasteiger partial charge is 0.389 e. The van der Waals surface area contributed by atoms with Crippen molar-refractivity contribution in [3.63, 3.8) is 0 Å². The van der Waals surface area contributed by atoms with E-state index in [9.17, 15) is 5.11 Å². The average Bonchev–Trinajstić information content (AvgIpc) is 2.63. The van der Waals surface area contributed by atoms with Crippen molar-refractivity contribution in [3.8, 4) is 23.7 Å². The van der Waals surface area contributed by atoms with Gasteiger partial charge in [0, 0.05) is 13.0 Å². The molecule has 3 heteroatoms. The highest BCUT2D eigenvalue weighted by Gasteiger charge is 2.12. The van der Waals surface area contributed by atoms with Crippen LogP contribution >= 0.6 is 0 Å². The smallest absolute Gasteiger partial charge is 0.157 e. The van der Waals surface area contributed by atoms with Gasteiger partial charge in [-0.25, -0.2) is 0 Å². The van der Waals surface area contributed by atoms with E-state index in [1.165, 1.54) is 6.42 Å². The van der Waals surface area contributed by atoms with Gasteiger partial charge in [-0.15, -0.1) is 0 Å². The molecule has 0 radical (unpaired) electrons. The lowest BCUT2D eigenvalue weighted by atomic mass is 10.2. The molecule has 136 valence electrons. The lowest BCUT2D eigenvalue weighted by Gasteiger charge is -2.22. The summed E-state index contributed by atoms with van der Waals surface area (Å²) in [7, 11) is 0. The minimum atomic E-state index is -0.353. The topological polar surface area (TPSA) is 38.7 Å².